The highest BCUT2D eigenvalue weighted by Gasteiger charge is 2.64. The molecule has 8 unspecified atom stereocenters. The molecular weight excluding hydrogens is 448 g/mol. The van der Waals surface area contributed by atoms with Crippen LogP contribution in [0.25, 0.3) is 0 Å². The smallest absolute Gasteiger partial charge is 0.0578 e. The molecule has 0 amide bonds. The van der Waals surface area contributed by atoms with E-state index in [0.717, 1.165) is 23.7 Å². The van der Waals surface area contributed by atoms with Gasteiger partial charge in [0, 0.05) is 0 Å². The molecule has 0 bridgehead atoms. The Kier molecular flexibility index (Phi) is 8.64. The Labute approximate surface area is 226 Å². The molecule has 0 saturated heterocycles. The number of fused-ring (bicyclic) bond motifs is 6. The summed E-state index contributed by atoms with van der Waals surface area (Å²) in [6, 6.07) is 1.74. The van der Waals surface area contributed by atoms with Crippen molar-refractivity contribution in [3.63, 3.8) is 0 Å². The standard InChI is InChI=1S/C35H62Si/c1-3-4-5-6-7-16-25-36(2,34-30-21-12-8-17-26(30)27-18-9-13-22-31(27)34)35-32-23-14-10-19-28(32)29-20-11-15-24-33(29)35/h26-35H,3-25H2,1-2H3/t26-,27?,28-,29?,30?,31?,32?,33?,34?,35?,36?/m1/s1. The number of rotatable bonds is 9. The van der Waals surface area contributed by atoms with Crippen molar-refractivity contribution < 1.29 is 0 Å². The predicted molar refractivity (Wildman–Crippen MR) is 159 cm³/mol. The molecule has 6 aliphatic carbocycles. The third-order valence-electron chi connectivity index (χ3n) is 14.0. The Hall–Kier alpha value is 0.217. The van der Waals surface area contributed by atoms with Crippen LogP contribution in [0.2, 0.25) is 23.7 Å². The minimum Gasteiger partial charge on any atom is -0.0687 e. The van der Waals surface area contributed by atoms with Crippen molar-refractivity contribution in [1.29, 1.82) is 0 Å². The molecule has 0 radical (unpaired) electrons. The van der Waals surface area contributed by atoms with Crippen LogP contribution in [-0.2, 0) is 0 Å². The quantitative estimate of drug-likeness (QED) is 0.214. The lowest BCUT2D eigenvalue weighted by molar-refractivity contribution is 0.184. The van der Waals surface area contributed by atoms with Gasteiger partial charge in [-0.2, -0.15) is 0 Å². The summed E-state index contributed by atoms with van der Waals surface area (Å²) in [6.45, 7) is 5.51. The van der Waals surface area contributed by atoms with E-state index in [1.807, 2.05) is 0 Å². The van der Waals surface area contributed by atoms with Crippen LogP contribution in [0.3, 0.4) is 0 Å². The SMILES string of the molecule is CCCCCCCC[Si](C)(C1C2CCCCC2[C@H]2CCCCC12)C1C2CCCCC2[C@H]2CCCCC12. The fourth-order valence-electron chi connectivity index (χ4n) is 13.1. The van der Waals surface area contributed by atoms with E-state index < -0.39 is 8.07 Å². The third kappa shape index (κ3) is 4.74. The highest BCUT2D eigenvalue weighted by molar-refractivity contribution is 6.81. The van der Waals surface area contributed by atoms with Crippen molar-refractivity contribution in [1.82, 2.24) is 0 Å². The van der Waals surface area contributed by atoms with E-state index in [4.69, 9.17) is 0 Å². The second kappa shape index (κ2) is 11.8. The summed E-state index contributed by atoms with van der Waals surface area (Å²) in [5.74, 6) is 9.35. The molecule has 206 valence electrons. The summed E-state index contributed by atoms with van der Waals surface area (Å²) in [5.41, 5.74) is 2.47. The maximum atomic E-state index is 3.12. The van der Waals surface area contributed by atoms with Crippen LogP contribution in [0, 0.1) is 47.3 Å². The summed E-state index contributed by atoms with van der Waals surface area (Å²) in [6.07, 6.45) is 34.8. The fraction of sp³-hybridized carbons (Fsp3) is 1.00. The first-order valence-corrected chi connectivity index (χ1v) is 20.6. The summed E-state index contributed by atoms with van der Waals surface area (Å²) in [7, 11) is -1.38. The molecule has 0 aromatic heterocycles. The summed E-state index contributed by atoms with van der Waals surface area (Å²) in [4.78, 5) is 0. The second-order valence-corrected chi connectivity index (χ2v) is 20.4. The van der Waals surface area contributed by atoms with Crippen molar-refractivity contribution in [3.05, 3.63) is 0 Å². The molecule has 6 fully saturated rings. The van der Waals surface area contributed by atoms with Gasteiger partial charge in [-0.3, -0.25) is 0 Å². The van der Waals surface area contributed by atoms with Crippen LogP contribution in [0.5, 0.6) is 0 Å². The van der Waals surface area contributed by atoms with Gasteiger partial charge in [0.25, 0.3) is 0 Å². The average molecular weight is 511 g/mol. The molecule has 0 N–H and O–H groups in total. The largest absolute Gasteiger partial charge is 0.0687 e. The van der Waals surface area contributed by atoms with Crippen LogP contribution in [0.4, 0.5) is 0 Å². The molecule has 0 nitrogen and oxygen atoms in total. The average Bonchev–Trinajstić information content (AvgIpc) is 3.45. The van der Waals surface area contributed by atoms with Gasteiger partial charge in [-0.1, -0.05) is 135 Å². The molecule has 0 spiro atoms. The minimum absolute atomic E-state index is 1.16. The van der Waals surface area contributed by atoms with E-state index in [0.29, 0.717) is 0 Å². The third-order valence-corrected chi connectivity index (χ3v) is 20.2. The van der Waals surface area contributed by atoms with Gasteiger partial charge in [-0.15, -0.1) is 0 Å². The summed E-state index contributed by atoms with van der Waals surface area (Å²) >= 11 is 0. The van der Waals surface area contributed by atoms with E-state index >= 15 is 0 Å². The monoisotopic (exact) mass is 510 g/mol. The van der Waals surface area contributed by atoms with Gasteiger partial charge >= 0.3 is 0 Å². The number of hydrogen-bond donors (Lipinski definition) is 0. The molecule has 0 aliphatic heterocycles. The van der Waals surface area contributed by atoms with Gasteiger partial charge in [0.2, 0.25) is 0 Å². The topological polar surface area (TPSA) is 0 Å². The van der Waals surface area contributed by atoms with E-state index in [1.165, 1.54) is 60.4 Å². The van der Waals surface area contributed by atoms with Crippen LogP contribution >= 0.6 is 0 Å². The van der Waals surface area contributed by atoms with E-state index in [-0.39, 0.29) is 0 Å². The Morgan fingerprint density at radius 2 is 0.722 bits per heavy atom. The maximum absolute atomic E-state index is 3.12. The van der Waals surface area contributed by atoms with Gasteiger partial charge in [0.1, 0.15) is 0 Å². The maximum Gasteiger partial charge on any atom is 0.0578 e. The highest BCUT2D eigenvalue weighted by atomic mass is 28.3. The van der Waals surface area contributed by atoms with Gasteiger partial charge in [-0.05, 0) is 84.1 Å². The summed E-state index contributed by atoms with van der Waals surface area (Å²) < 4.78 is 0. The van der Waals surface area contributed by atoms with Gasteiger partial charge in [0.15, 0.2) is 0 Å². The van der Waals surface area contributed by atoms with Crippen molar-refractivity contribution in [3.8, 4) is 0 Å². The van der Waals surface area contributed by atoms with Crippen molar-refractivity contribution in [2.75, 3.05) is 0 Å². The molecule has 36 heavy (non-hydrogen) atoms. The predicted octanol–water partition coefficient (Wildman–Crippen LogP) is 11.4. The van der Waals surface area contributed by atoms with Crippen LogP contribution in [-0.4, -0.2) is 8.07 Å². The zero-order valence-corrected chi connectivity index (χ0v) is 25.5. The normalized spacial score (nSPS) is 45.8. The lowest BCUT2D eigenvalue weighted by Gasteiger charge is -2.51. The van der Waals surface area contributed by atoms with Gasteiger partial charge in [-0.25, -0.2) is 0 Å². The minimum atomic E-state index is -1.38. The molecule has 0 aromatic carbocycles. The van der Waals surface area contributed by atoms with E-state index in [2.05, 4.69) is 13.5 Å². The number of unbranched alkanes of at least 4 members (excludes halogenated alkanes) is 5. The zero-order chi connectivity index (χ0) is 24.5. The molecule has 0 heterocycles. The zero-order valence-electron chi connectivity index (χ0n) is 24.5. The van der Waals surface area contributed by atoms with Gasteiger partial charge in [0.05, 0.1) is 8.07 Å². The molecule has 10 atom stereocenters. The van der Waals surface area contributed by atoms with E-state index in [1.54, 1.807) is 122 Å². The first-order valence-electron chi connectivity index (χ1n) is 17.7. The van der Waals surface area contributed by atoms with Crippen LogP contribution in [0.1, 0.15) is 148 Å². The van der Waals surface area contributed by atoms with Crippen LogP contribution in [0.15, 0.2) is 0 Å². The molecule has 6 saturated carbocycles. The Morgan fingerprint density at radius 3 is 1.08 bits per heavy atom. The van der Waals surface area contributed by atoms with Crippen LogP contribution < -0.4 is 0 Å². The fourth-order valence-corrected chi connectivity index (χ4v) is 20.8. The molecule has 6 rings (SSSR count). The second-order valence-electron chi connectivity index (χ2n) is 15.5. The number of hydrogen-bond acceptors (Lipinski definition) is 0. The molecular formula is C35H62Si. The Morgan fingerprint density at radius 1 is 0.417 bits per heavy atom. The van der Waals surface area contributed by atoms with Crippen molar-refractivity contribution in [2.24, 2.45) is 47.3 Å². The van der Waals surface area contributed by atoms with Crippen molar-refractivity contribution in [2.45, 2.75) is 172 Å². The molecule has 6 aliphatic rings. The molecule has 0 aromatic rings. The van der Waals surface area contributed by atoms with E-state index in [9.17, 15) is 0 Å². The summed E-state index contributed by atoms with van der Waals surface area (Å²) in [5, 5.41) is 0. The van der Waals surface area contributed by atoms with Crippen molar-refractivity contribution >= 4 is 8.07 Å². The Balaban J connectivity index is 1.33. The Bertz CT molecular complexity index is 607. The lowest BCUT2D eigenvalue weighted by Crippen LogP contribution is -2.50. The first kappa shape index (κ1) is 26.4. The van der Waals surface area contributed by atoms with Gasteiger partial charge < -0.3 is 0 Å². The first-order chi connectivity index (χ1) is 17.7. The lowest BCUT2D eigenvalue weighted by atomic mass is 9.73. The highest BCUT2D eigenvalue weighted by Crippen LogP contribution is 2.71. The molecule has 1 heteroatoms.